The fraction of sp³-hybridized carbons (Fsp3) is 0.125. The molecule has 0 bridgehead atoms. The van der Waals surface area contributed by atoms with Gasteiger partial charge in [0, 0.05) is 5.69 Å². The van der Waals surface area contributed by atoms with E-state index in [1.165, 1.54) is 0 Å². The topological polar surface area (TPSA) is 67.4 Å². The quantitative estimate of drug-likeness (QED) is 0.889. The van der Waals surface area contributed by atoms with Gasteiger partial charge in [0.05, 0.1) is 11.3 Å². The van der Waals surface area contributed by atoms with E-state index in [0.717, 1.165) is 0 Å². The Bertz CT molecular complexity index is 698. The number of carbonyl (C=O) groups is 2. The van der Waals surface area contributed by atoms with Gasteiger partial charge in [-0.05, 0) is 31.2 Å². The number of hydrogen-bond acceptors (Lipinski definition) is 3. The fourth-order valence-electron chi connectivity index (χ4n) is 2.13. The minimum Gasteiger partial charge on any atom is -0.478 e. The molecule has 21 heavy (non-hydrogen) atoms. The van der Waals surface area contributed by atoms with Gasteiger partial charge in [-0.2, -0.15) is 0 Å². The molecule has 1 atom stereocenters. The molecule has 2 N–H and O–H groups in total. The Labute approximate surface area is 121 Å². The van der Waals surface area contributed by atoms with Crippen molar-refractivity contribution in [3.05, 3.63) is 54.1 Å². The summed E-state index contributed by atoms with van der Waals surface area (Å²) in [6.07, 6.45) is -0.622. The molecule has 0 aromatic heterocycles. The molecule has 1 heterocycles. The normalized spacial score (nSPS) is 16.4. The van der Waals surface area contributed by atoms with Crippen molar-refractivity contribution in [3.8, 4) is 5.75 Å². The highest BCUT2D eigenvalue weighted by atomic mass is 16.5. The number of nitrogens with one attached hydrogen (secondary N) is 2. The fourth-order valence-corrected chi connectivity index (χ4v) is 2.13. The van der Waals surface area contributed by atoms with Crippen LogP contribution in [0.4, 0.5) is 11.4 Å². The Balaban J connectivity index is 1.91. The Hall–Kier alpha value is -2.82. The first-order valence-corrected chi connectivity index (χ1v) is 6.62. The van der Waals surface area contributed by atoms with Crippen molar-refractivity contribution in [2.45, 2.75) is 13.0 Å². The first kappa shape index (κ1) is 13.2. The van der Waals surface area contributed by atoms with Crippen molar-refractivity contribution in [2.24, 2.45) is 0 Å². The maximum atomic E-state index is 12.4. The van der Waals surface area contributed by atoms with Crippen LogP contribution < -0.4 is 15.4 Å². The van der Waals surface area contributed by atoms with Crippen molar-refractivity contribution in [1.82, 2.24) is 0 Å². The lowest BCUT2D eigenvalue weighted by Gasteiger charge is -2.25. The van der Waals surface area contributed by atoms with Gasteiger partial charge >= 0.3 is 0 Å². The minimum absolute atomic E-state index is 0.219. The summed E-state index contributed by atoms with van der Waals surface area (Å²) < 4.78 is 5.56. The van der Waals surface area contributed by atoms with Crippen LogP contribution in [0.1, 0.15) is 17.3 Å². The van der Waals surface area contributed by atoms with Crippen molar-refractivity contribution in [1.29, 1.82) is 0 Å². The maximum absolute atomic E-state index is 12.4. The predicted molar refractivity (Wildman–Crippen MR) is 79.6 cm³/mol. The largest absolute Gasteiger partial charge is 0.478 e. The molecule has 3 rings (SSSR count). The standard InChI is InChI=1S/C16H14N2O3/c1-10-15(19)18-13-9-5-8-12(14(13)21-10)16(20)17-11-6-3-2-4-7-11/h2-10H,1H3,(H,17,20)(H,18,19). The number of amides is 2. The van der Waals surface area contributed by atoms with Crippen LogP contribution in [0, 0.1) is 0 Å². The van der Waals surface area contributed by atoms with Crippen LogP contribution in [0.2, 0.25) is 0 Å². The number of ether oxygens (including phenoxy) is 1. The molecular weight excluding hydrogens is 268 g/mol. The van der Waals surface area contributed by atoms with Gasteiger partial charge in [-0.3, -0.25) is 9.59 Å². The summed E-state index contributed by atoms with van der Waals surface area (Å²) in [5.41, 5.74) is 1.61. The number of hydrogen-bond donors (Lipinski definition) is 2. The average Bonchev–Trinajstić information content (AvgIpc) is 2.49. The third kappa shape index (κ3) is 2.58. The summed E-state index contributed by atoms with van der Waals surface area (Å²) in [7, 11) is 0. The van der Waals surface area contributed by atoms with Gasteiger partial charge in [0.2, 0.25) is 0 Å². The molecule has 2 amide bonds. The van der Waals surface area contributed by atoms with Crippen LogP contribution in [-0.4, -0.2) is 17.9 Å². The van der Waals surface area contributed by atoms with E-state index in [0.29, 0.717) is 22.7 Å². The zero-order valence-corrected chi connectivity index (χ0v) is 11.4. The van der Waals surface area contributed by atoms with Crippen LogP contribution in [0.5, 0.6) is 5.75 Å². The highest BCUT2D eigenvalue weighted by Crippen LogP contribution is 2.33. The molecule has 1 aliphatic rings. The number of rotatable bonds is 2. The monoisotopic (exact) mass is 282 g/mol. The molecule has 0 aliphatic carbocycles. The summed E-state index contributed by atoms with van der Waals surface area (Å²) in [4.78, 5) is 24.0. The maximum Gasteiger partial charge on any atom is 0.265 e. The Kier molecular flexibility index (Phi) is 3.31. The minimum atomic E-state index is -0.622. The van der Waals surface area contributed by atoms with Gasteiger partial charge in [-0.25, -0.2) is 0 Å². The molecule has 1 aliphatic heterocycles. The Morgan fingerprint density at radius 3 is 2.67 bits per heavy atom. The molecule has 0 radical (unpaired) electrons. The second kappa shape index (κ2) is 5.28. The van der Waals surface area contributed by atoms with E-state index < -0.39 is 6.10 Å². The summed E-state index contributed by atoms with van der Waals surface area (Å²) in [6.45, 7) is 1.64. The van der Waals surface area contributed by atoms with Crippen LogP contribution in [0.15, 0.2) is 48.5 Å². The van der Waals surface area contributed by atoms with Crippen LogP contribution in [0.3, 0.4) is 0 Å². The van der Waals surface area contributed by atoms with Gasteiger partial charge in [0.15, 0.2) is 11.9 Å². The molecule has 2 aromatic rings. The highest BCUT2D eigenvalue weighted by molar-refractivity contribution is 6.09. The van der Waals surface area contributed by atoms with E-state index in [-0.39, 0.29) is 11.8 Å². The van der Waals surface area contributed by atoms with E-state index in [1.54, 1.807) is 37.3 Å². The van der Waals surface area contributed by atoms with Crippen molar-refractivity contribution < 1.29 is 14.3 Å². The lowest BCUT2D eigenvalue weighted by Crippen LogP contribution is -2.35. The zero-order chi connectivity index (χ0) is 14.8. The van der Waals surface area contributed by atoms with E-state index in [1.807, 2.05) is 18.2 Å². The number of anilines is 2. The molecule has 0 fully saturated rings. The second-order valence-corrected chi connectivity index (χ2v) is 4.75. The van der Waals surface area contributed by atoms with Crippen molar-refractivity contribution in [3.63, 3.8) is 0 Å². The number of carbonyl (C=O) groups excluding carboxylic acids is 2. The smallest absolute Gasteiger partial charge is 0.265 e. The van der Waals surface area contributed by atoms with E-state index in [9.17, 15) is 9.59 Å². The highest BCUT2D eigenvalue weighted by Gasteiger charge is 2.27. The Morgan fingerprint density at radius 2 is 1.90 bits per heavy atom. The van der Waals surface area contributed by atoms with Gasteiger partial charge in [0.1, 0.15) is 0 Å². The van der Waals surface area contributed by atoms with E-state index in [2.05, 4.69) is 10.6 Å². The number of fused-ring (bicyclic) bond motifs is 1. The summed E-state index contributed by atoms with van der Waals surface area (Å²) in [5.74, 6) is -0.0949. The lowest BCUT2D eigenvalue weighted by molar-refractivity contribution is -0.122. The molecule has 1 unspecified atom stereocenters. The average molecular weight is 282 g/mol. The summed E-state index contributed by atoms with van der Waals surface area (Å²) >= 11 is 0. The molecule has 0 saturated carbocycles. The predicted octanol–water partition coefficient (Wildman–Crippen LogP) is 2.66. The van der Waals surface area contributed by atoms with Crippen molar-refractivity contribution >= 4 is 23.2 Å². The molecule has 0 saturated heterocycles. The van der Waals surface area contributed by atoms with E-state index >= 15 is 0 Å². The summed E-state index contributed by atoms with van der Waals surface area (Å²) in [6, 6.07) is 14.2. The Morgan fingerprint density at radius 1 is 1.14 bits per heavy atom. The third-order valence-corrected chi connectivity index (χ3v) is 3.21. The number of para-hydroxylation sites is 2. The summed E-state index contributed by atoms with van der Waals surface area (Å²) in [5, 5.41) is 5.53. The first-order chi connectivity index (χ1) is 10.1. The van der Waals surface area contributed by atoms with E-state index in [4.69, 9.17) is 4.74 Å². The van der Waals surface area contributed by atoms with Gasteiger partial charge < -0.3 is 15.4 Å². The van der Waals surface area contributed by atoms with Crippen molar-refractivity contribution in [2.75, 3.05) is 10.6 Å². The van der Waals surface area contributed by atoms with Crippen LogP contribution in [0.25, 0.3) is 0 Å². The zero-order valence-electron chi connectivity index (χ0n) is 11.4. The second-order valence-electron chi connectivity index (χ2n) is 4.75. The van der Waals surface area contributed by atoms with Gasteiger partial charge in [-0.1, -0.05) is 24.3 Å². The lowest BCUT2D eigenvalue weighted by atomic mass is 10.1. The molecule has 5 heteroatoms. The first-order valence-electron chi connectivity index (χ1n) is 6.62. The molecule has 0 spiro atoms. The molecular formula is C16H14N2O3. The molecule has 2 aromatic carbocycles. The van der Waals surface area contributed by atoms with Crippen LogP contribution >= 0.6 is 0 Å². The number of benzene rings is 2. The molecule has 5 nitrogen and oxygen atoms in total. The van der Waals surface area contributed by atoms with Gasteiger partial charge in [0.25, 0.3) is 11.8 Å². The van der Waals surface area contributed by atoms with Crippen LogP contribution in [-0.2, 0) is 4.79 Å². The van der Waals surface area contributed by atoms with Gasteiger partial charge in [-0.15, -0.1) is 0 Å². The SMILES string of the molecule is CC1Oc2c(cccc2C(=O)Nc2ccccc2)NC1=O. The third-order valence-electron chi connectivity index (χ3n) is 3.21. The molecule has 106 valence electrons.